The molecule has 1 saturated carbocycles. The lowest BCUT2D eigenvalue weighted by molar-refractivity contribution is -0.122. The summed E-state index contributed by atoms with van der Waals surface area (Å²) in [5.74, 6) is 0.415. The minimum absolute atomic E-state index is 0.127. The molecule has 1 atom stereocenters. The van der Waals surface area contributed by atoms with Crippen LogP contribution in [0.1, 0.15) is 24.4 Å². The van der Waals surface area contributed by atoms with Gasteiger partial charge in [-0.25, -0.2) is 9.78 Å². The SMILES string of the molecule is O=C(NCC(F)(F)F)Nc1cccc(-c2cnc3cc(C(NO)C4CC4)ccn23)c1. The summed E-state index contributed by atoms with van der Waals surface area (Å²) in [4.78, 5) is 16.1. The monoisotopic (exact) mass is 419 g/mol. The number of anilines is 1. The molecular formula is C20H20F3N5O2. The molecule has 2 heterocycles. The van der Waals surface area contributed by atoms with E-state index in [-0.39, 0.29) is 6.04 Å². The van der Waals surface area contributed by atoms with E-state index in [4.69, 9.17) is 0 Å². The summed E-state index contributed by atoms with van der Waals surface area (Å²) in [7, 11) is 0. The summed E-state index contributed by atoms with van der Waals surface area (Å²) in [6.07, 6.45) is 1.20. The second kappa shape index (κ2) is 7.96. The predicted octanol–water partition coefficient (Wildman–Crippen LogP) is 4.12. The zero-order chi connectivity index (χ0) is 21.3. The molecule has 0 radical (unpaired) electrons. The van der Waals surface area contributed by atoms with Crippen LogP contribution in [0.3, 0.4) is 0 Å². The number of halogens is 3. The first-order valence-corrected chi connectivity index (χ1v) is 9.43. The van der Waals surface area contributed by atoms with Crippen LogP contribution in [0.25, 0.3) is 16.9 Å². The van der Waals surface area contributed by atoms with Crippen molar-refractivity contribution in [3.63, 3.8) is 0 Å². The zero-order valence-corrected chi connectivity index (χ0v) is 15.8. The number of nitrogens with zero attached hydrogens (tertiary/aromatic N) is 2. The summed E-state index contributed by atoms with van der Waals surface area (Å²) in [5, 5.41) is 13.6. The number of amides is 2. The van der Waals surface area contributed by atoms with Crippen LogP contribution in [0.15, 0.2) is 48.8 Å². The van der Waals surface area contributed by atoms with Gasteiger partial charge in [-0.2, -0.15) is 18.7 Å². The predicted molar refractivity (Wildman–Crippen MR) is 104 cm³/mol. The molecule has 10 heteroatoms. The van der Waals surface area contributed by atoms with Crippen LogP contribution in [-0.2, 0) is 0 Å². The van der Waals surface area contributed by atoms with E-state index in [1.165, 1.54) is 0 Å². The number of imidazole rings is 1. The van der Waals surface area contributed by atoms with Gasteiger partial charge < -0.3 is 15.8 Å². The molecule has 0 spiro atoms. The molecule has 1 aliphatic rings. The maximum absolute atomic E-state index is 12.2. The van der Waals surface area contributed by atoms with Gasteiger partial charge in [-0.15, -0.1) is 0 Å². The van der Waals surface area contributed by atoms with Gasteiger partial charge in [-0.1, -0.05) is 12.1 Å². The van der Waals surface area contributed by atoms with E-state index in [0.29, 0.717) is 17.3 Å². The number of urea groups is 1. The number of carbonyl (C=O) groups is 1. The Hall–Kier alpha value is -3.11. The first-order chi connectivity index (χ1) is 14.3. The summed E-state index contributed by atoms with van der Waals surface area (Å²) in [6, 6.07) is 9.52. The first kappa shape index (κ1) is 20.2. The first-order valence-electron chi connectivity index (χ1n) is 9.43. The quantitative estimate of drug-likeness (QED) is 0.453. The molecule has 1 unspecified atom stereocenters. The van der Waals surface area contributed by atoms with Gasteiger partial charge in [-0.05, 0) is 48.6 Å². The normalized spacial score (nSPS) is 15.2. The number of hydrogen-bond donors (Lipinski definition) is 4. The van der Waals surface area contributed by atoms with Gasteiger partial charge in [0, 0.05) is 17.4 Å². The fraction of sp³-hybridized carbons (Fsp3) is 0.300. The van der Waals surface area contributed by atoms with Crippen molar-refractivity contribution in [2.75, 3.05) is 11.9 Å². The summed E-state index contributed by atoms with van der Waals surface area (Å²) >= 11 is 0. The fourth-order valence-corrected chi connectivity index (χ4v) is 3.40. The van der Waals surface area contributed by atoms with Crippen molar-refractivity contribution in [3.8, 4) is 11.3 Å². The third kappa shape index (κ3) is 4.55. The fourth-order valence-electron chi connectivity index (χ4n) is 3.40. The number of nitrogens with one attached hydrogen (secondary N) is 3. The van der Waals surface area contributed by atoms with E-state index >= 15 is 0 Å². The molecular weight excluding hydrogens is 399 g/mol. The van der Waals surface area contributed by atoms with Gasteiger partial charge in [0.1, 0.15) is 12.2 Å². The molecule has 0 aliphatic heterocycles. The smallest absolute Gasteiger partial charge is 0.329 e. The Morgan fingerprint density at radius 2 is 2.07 bits per heavy atom. The third-order valence-electron chi connectivity index (χ3n) is 4.99. The molecule has 3 aromatic rings. The largest absolute Gasteiger partial charge is 0.405 e. The molecule has 2 aromatic heterocycles. The van der Waals surface area contributed by atoms with Crippen molar-refractivity contribution in [1.82, 2.24) is 20.2 Å². The number of carbonyl (C=O) groups excluding carboxylic acids is 1. The lowest BCUT2D eigenvalue weighted by atomic mass is 10.0. The highest BCUT2D eigenvalue weighted by molar-refractivity contribution is 5.90. The Kier molecular flexibility index (Phi) is 5.35. The van der Waals surface area contributed by atoms with Gasteiger partial charge >= 0.3 is 12.2 Å². The average Bonchev–Trinajstić information content (AvgIpc) is 3.45. The standard InChI is InChI=1S/C20H20F3N5O2/c21-20(22,23)11-25-19(29)26-15-3-1-2-13(8-15)16-10-24-17-9-14(6-7-28(16)17)18(27-30)12-4-5-12/h1-3,6-10,12,18,27,30H,4-5,11H2,(H2,25,26,29). The van der Waals surface area contributed by atoms with Crippen LogP contribution in [0.5, 0.6) is 0 Å². The molecule has 0 bridgehead atoms. The molecule has 30 heavy (non-hydrogen) atoms. The molecule has 0 saturated heterocycles. The maximum atomic E-state index is 12.2. The molecule has 4 rings (SSSR count). The van der Waals surface area contributed by atoms with E-state index in [9.17, 15) is 23.2 Å². The second-order valence-electron chi connectivity index (χ2n) is 7.28. The second-order valence-corrected chi connectivity index (χ2v) is 7.28. The lowest BCUT2D eigenvalue weighted by Crippen LogP contribution is -2.36. The van der Waals surface area contributed by atoms with E-state index in [2.05, 4.69) is 15.8 Å². The molecule has 158 valence electrons. The number of fused-ring (bicyclic) bond motifs is 1. The number of hydrogen-bond acceptors (Lipinski definition) is 4. The number of rotatable bonds is 6. The summed E-state index contributed by atoms with van der Waals surface area (Å²) in [5.41, 5.74) is 5.88. The average molecular weight is 419 g/mol. The van der Waals surface area contributed by atoms with E-state index in [0.717, 1.165) is 29.7 Å². The lowest BCUT2D eigenvalue weighted by Gasteiger charge is -2.15. The molecule has 7 nitrogen and oxygen atoms in total. The van der Waals surface area contributed by atoms with Crippen molar-refractivity contribution >= 4 is 17.4 Å². The Labute approximate surface area is 169 Å². The highest BCUT2D eigenvalue weighted by atomic mass is 19.4. The Bertz CT molecular complexity index is 1060. The van der Waals surface area contributed by atoms with Crippen molar-refractivity contribution < 1.29 is 23.2 Å². The topological polar surface area (TPSA) is 90.7 Å². The molecule has 1 aromatic carbocycles. The van der Waals surface area contributed by atoms with Crippen LogP contribution in [-0.4, -0.2) is 33.3 Å². The molecule has 4 N–H and O–H groups in total. The van der Waals surface area contributed by atoms with E-state index in [1.807, 2.05) is 28.8 Å². The van der Waals surface area contributed by atoms with Crippen LogP contribution < -0.4 is 16.1 Å². The number of benzene rings is 1. The van der Waals surface area contributed by atoms with Crippen LogP contribution >= 0.6 is 0 Å². The van der Waals surface area contributed by atoms with Gasteiger partial charge in [0.2, 0.25) is 0 Å². The van der Waals surface area contributed by atoms with Crippen LogP contribution in [0.2, 0.25) is 0 Å². The van der Waals surface area contributed by atoms with Crippen LogP contribution in [0, 0.1) is 5.92 Å². The third-order valence-corrected chi connectivity index (χ3v) is 4.99. The maximum Gasteiger partial charge on any atom is 0.405 e. The number of aromatic nitrogens is 2. The highest BCUT2D eigenvalue weighted by Gasteiger charge is 2.32. The van der Waals surface area contributed by atoms with Crippen molar-refractivity contribution in [3.05, 3.63) is 54.4 Å². The molecule has 1 fully saturated rings. The highest BCUT2D eigenvalue weighted by Crippen LogP contribution is 2.41. The van der Waals surface area contributed by atoms with Crippen molar-refractivity contribution in [2.45, 2.75) is 25.1 Å². The number of alkyl halides is 3. The minimum Gasteiger partial charge on any atom is -0.329 e. The van der Waals surface area contributed by atoms with Crippen molar-refractivity contribution in [2.24, 2.45) is 5.92 Å². The van der Waals surface area contributed by atoms with Gasteiger partial charge in [0.05, 0.1) is 17.9 Å². The van der Waals surface area contributed by atoms with Crippen LogP contribution in [0.4, 0.5) is 23.7 Å². The molecule has 2 amide bonds. The summed E-state index contributed by atoms with van der Waals surface area (Å²) in [6.45, 7) is -1.40. The van der Waals surface area contributed by atoms with Gasteiger partial charge in [0.25, 0.3) is 0 Å². The van der Waals surface area contributed by atoms with Gasteiger partial charge in [0.15, 0.2) is 0 Å². The Balaban J connectivity index is 1.54. The Morgan fingerprint density at radius 3 is 2.77 bits per heavy atom. The molecule has 1 aliphatic carbocycles. The minimum atomic E-state index is -4.47. The van der Waals surface area contributed by atoms with E-state index < -0.39 is 18.8 Å². The number of pyridine rings is 1. The summed E-state index contributed by atoms with van der Waals surface area (Å²) < 4.78 is 38.6. The zero-order valence-electron chi connectivity index (χ0n) is 15.8. The van der Waals surface area contributed by atoms with Crippen molar-refractivity contribution in [1.29, 1.82) is 0 Å². The Morgan fingerprint density at radius 1 is 1.27 bits per heavy atom. The van der Waals surface area contributed by atoms with E-state index in [1.54, 1.807) is 29.7 Å². The van der Waals surface area contributed by atoms with Gasteiger partial charge in [-0.3, -0.25) is 4.40 Å². The number of hydroxylamine groups is 1.